The van der Waals surface area contributed by atoms with Crippen molar-refractivity contribution in [3.63, 3.8) is 0 Å². The van der Waals surface area contributed by atoms with Gasteiger partial charge in [0.2, 0.25) is 0 Å². The Hall–Kier alpha value is -3.46. The monoisotopic (exact) mass is 300 g/mol. The standard InChI is InChI=1S/C18H12N4O/c1-16(8-7-14-3-5-15(23-2)6-4-14)9-17(10-19,11-20)18(16,12-21)13-22/h3-6H,9H2,1-2H3. The van der Waals surface area contributed by atoms with Gasteiger partial charge in [-0.3, -0.25) is 0 Å². The van der Waals surface area contributed by atoms with Crippen LogP contribution in [0.1, 0.15) is 18.9 Å². The zero-order chi connectivity index (χ0) is 17.1. The fourth-order valence-corrected chi connectivity index (χ4v) is 2.92. The molecule has 1 saturated carbocycles. The third kappa shape index (κ3) is 1.99. The molecule has 0 bridgehead atoms. The summed E-state index contributed by atoms with van der Waals surface area (Å²) in [5.41, 5.74) is -3.74. The van der Waals surface area contributed by atoms with Crippen LogP contribution in [0.2, 0.25) is 0 Å². The highest BCUT2D eigenvalue weighted by Gasteiger charge is 2.75. The summed E-state index contributed by atoms with van der Waals surface area (Å²) < 4.78 is 5.06. The Labute approximate surface area is 134 Å². The summed E-state index contributed by atoms with van der Waals surface area (Å²) in [4.78, 5) is 0. The van der Waals surface area contributed by atoms with Gasteiger partial charge in [0, 0.05) is 12.0 Å². The molecule has 2 rings (SSSR count). The van der Waals surface area contributed by atoms with Crippen LogP contribution in [0.4, 0.5) is 0 Å². The van der Waals surface area contributed by atoms with E-state index >= 15 is 0 Å². The van der Waals surface area contributed by atoms with Crippen molar-refractivity contribution in [2.24, 2.45) is 16.2 Å². The Morgan fingerprint density at radius 2 is 1.52 bits per heavy atom. The number of benzene rings is 1. The Balaban J connectivity index is 2.44. The van der Waals surface area contributed by atoms with Crippen molar-refractivity contribution in [1.82, 2.24) is 0 Å². The first kappa shape index (κ1) is 15.9. The van der Waals surface area contributed by atoms with E-state index in [4.69, 9.17) is 4.74 Å². The fraction of sp³-hybridized carbons (Fsp3) is 0.333. The van der Waals surface area contributed by atoms with Gasteiger partial charge in [-0.25, -0.2) is 0 Å². The molecule has 0 aliphatic heterocycles. The van der Waals surface area contributed by atoms with Gasteiger partial charge < -0.3 is 4.74 Å². The smallest absolute Gasteiger partial charge is 0.191 e. The fourth-order valence-electron chi connectivity index (χ4n) is 2.92. The van der Waals surface area contributed by atoms with Crippen LogP contribution in [0.15, 0.2) is 24.3 Å². The number of nitriles is 4. The molecule has 0 heterocycles. The molecule has 0 radical (unpaired) electrons. The van der Waals surface area contributed by atoms with Crippen molar-refractivity contribution in [3.05, 3.63) is 29.8 Å². The van der Waals surface area contributed by atoms with Gasteiger partial charge in [-0.1, -0.05) is 11.8 Å². The lowest BCUT2D eigenvalue weighted by Gasteiger charge is -2.53. The predicted octanol–water partition coefficient (Wildman–Crippen LogP) is 2.52. The third-order valence-corrected chi connectivity index (χ3v) is 4.38. The molecule has 0 saturated heterocycles. The topological polar surface area (TPSA) is 104 Å². The summed E-state index contributed by atoms with van der Waals surface area (Å²) >= 11 is 0. The van der Waals surface area contributed by atoms with E-state index in [1.807, 2.05) is 24.3 Å². The molecule has 110 valence electrons. The molecule has 1 atom stereocenters. The molecule has 1 fully saturated rings. The lowest BCUT2D eigenvalue weighted by molar-refractivity contribution is -0.0111. The van der Waals surface area contributed by atoms with E-state index in [1.54, 1.807) is 38.3 Å². The maximum atomic E-state index is 9.48. The molecule has 1 unspecified atom stereocenters. The molecule has 1 aliphatic rings. The summed E-state index contributed by atoms with van der Waals surface area (Å²) in [6.45, 7) is 1.64. The number of hydrogen-bond acceptors (Lipinski definition) is 5. The molecule has 1 aromatic rings. The van der Waals surface area contributed by atoms with Crippen LogP contribution in [0.5, 0.6) is 5.75 Å². The first-order valence-electron chi connectivity index (χ1n) is 6.79. The van der Waals surface area contributed by atoms with Crippen molar-refractivity contribution in [2.75, 3.05) is 7.11 Å². The molecule has 23 heavy (non-hydrogen) atoms. The van der Waals surface area contributed by atoms with Gasteiger partial charge in [0.05, 0.1) is 36.8 Å². The highest BCUT2D eigenvalue weighted by atomic mass is 16.5. The van der Waals surface area contributed by atoms with Crippen LogP contribution in [0.25, 0.3) is 0 Å². The minimum absolute atomic E-state index is 0.0667. The Morgan fingerprint density at radius 3 is 1.96 bits per heavy atom. The van der Waals surface area contributed by atoms with Crippen molar-refractivity contribution in [3.8, 4) is 41.9 Å². The van der Waals surface area contributed by atoms with E-state index in [0.717, 1.165) is 0 Å². The van der Waals surface area contributed by atoms with Crippen LogP contribution in [-0.4, -0.2) is 7.11 Å². The molecular weight excluding hydrogens is 288 g/mol. The third-order valence-electron chi connectivity index (χ3n) is 4.38. The zero-order valence-corrected chi connectivity index (χ0v) is 12.7. The molecule has 1 aromatic carbocycles. The average Bonchev–Trinajstić information content (AvgIpc) is 2.59. The largest absolute Gasteiger partial charge is 0.497 e. The molecule has 5 nitrogen and oxygen atoms in total. The van der Waals surface area contributed by atoms with Gasteiger partial charge in [-0.05, 0) is 31.2 Å². The second-order valence-corrected chi connectivity index (χ2v) is 5.59. The van der Waals surface area contributed by atoms with E-state index in [0.29, 0.717) is 11.3 Å². The summed E-state index contributed by atoms with van der Waals surface area (Å²) in [5, 5.41) is 37.5. The van der Waals surface area contributed by atoms with Crippen LogP contribution >= 0.6 is 0 Å². The molecule has 5 heteroatoms. The second-order valence-electron chi connectivity index (χ2n) is 5.59. The van der Waals surface area contributed by atoms with Crippen molar-refractivity contribution in [1.29, 1.82) is 21.0 Å². The summed E-state index contributed by atoms with van der Waals surface area (Å²) in [5.74, 6) is 6.54. The highest BCUT2D eigenvalue weighted by molar-refractivity contribution is 5.51. The Bertz CT molecular complexity index is 834. The maximum absolute atomic E-state index is 9.48. The van der Waals surface area contributed by atoms with Gasteiger partial charge >= 0.3 is 0 Å². The van der Waals surface area contributed by atoms with E-state index in [1.165, 1.54) is 0 Å². The van der Waals surface area contributed by atoms with E-state index < -0.39 is 16.2 Å². The van der Waals surface area contributed by atoms with Crippen molar-refractivity contribution < 1.29 is 4.74 Å². The summed E-state index contributed by atoms with van der Waals surface area (Å²) in [6.07, 6.45) is 0.0667. The predicted molar refractivity (Wildman–Crippen MR) is 79.9 cm³/mol. The van der Waals surface area contributed by atoms with Crippen LogP contribution in [0.3, 0.4) is 0 Å². The number of methoxy groups -OCH3 is 1. The second kappa shape index (κ2) is 5.39. The molecular formula is C18H12N4O. The quantitative estimate of drug-likeness (QED) is 0.741. The number of ether oxygens (including phenoxy) is 1. The average molecular weight is 300 g/mol. The van der Waals surface area contributed by atoms with Gasteiger partial charge in [0.25, 0.3) is 0 Å². The Morgan fingerprint density at radius 1 is 0.957 bits per heavy atom. The van der Waals surface area contributed by atoms with Crippen LogP contribution in [0, 0.1) is 73.4 Å². The first-order chi connectivity index (χ1) is 11.0. The number of hydrogen-bond donors (Lipinski definition) is 0. The van der Waals surface area contributed by atoms with Gasteiger partial charge in [-0.2, -0.15) is 21.0 Å². The van der Waals surface area contributed by atoms with Gasteiger partial charge in [-0.15, -0.1) is 0 Å². The van der Waals surface area contributed by atoms with E-state index in [-0.39, 0.29) is 6.42 Å². The molecule has 0 N–H and O–H groups in total. The number of nitrogens with zero attached hydrogens (tertiary/aromatic N) is 4. The summed E-state index contributed by atoms with van der Waals surface area (Å²) in [7, 11) is 1.56. The van der Waals surface area contributed by atoms with Crippen LogP contribution in [-0.2, 0) is 0 Å². The Kier molecular flexibility index (Phi) is 3.73. The number of rotatable bonds is 1. The molecule has 0 amide bonds. The lowest BCUT2D eigenvalue weighted by Crippen LogP contribution is -2.61. The zero-order valence-electron chi connectivity index (χ0n) is 12.7. The minimum Gasteiger partial charge on any atom is -0.497 e. The van der Waals surface area contributed by atoms with Crippen molar-refractivity contribution >= 4 is 0 Å². The minimum atomic E-state index is -1.76. The first-order valence-corrected chi connectivity index (χ1v) is 6.79. The van der Waals surface area contributed by atoms with E-state index in [2.05, 4.69) is 11.8 Å². The highest BCUT2D eigenvalue weighted by Crippen LogP contribution is 2.67. The van der Waals surface area contributed by atoms with E-state index in [9.17, 15) is 21.0 Å². The molecule has 1 aliphatic carbocycles. The van der Waals surface area contributed by atoms with Crippen molar-refractivity contribution in [2.45, 2.75) is 13.3 Å². The van der Waals surface area contributed by atoms with Gasteiger partial charge in [0.15, 0.2) is 10.8 Å². The molecule has 0 aromatic heterocycles. The van der Waals surface area contributed by atoms with Gasteiger partial charge in [0.1, 0.15) is 5.75 Å². The maximum Gasteiger partial charge on any atom is 0.191 e. The molecule has 0 spiro atoms. The lowest BCUT2D eigenvalue weighted by atomic mass is 9.38. The SMILES string of the molecule is COc1ccc(C#CC2(C)CC(C#N)(C#N)C2(C#N)C#N)cc1. The summed E-state index contributed by atoms with van der Waals surface area (Å²) in [6, 6.07) is 14.4. The normalized spacial score (nSPS) is 22.5. The van der Waals surface area contributed by atoms with Crippen LogP contribution < -0.4 is 4.74 Å².